The van der Waals surface area contributed by atoms with E-state index in [1.807, 2.05) is 59.5 Å². The van der Waals surface area contributed by atoms with Crippen molar-refractivity contribution >= 4 is 41.6 Å². The van der Waals surface area contributed by atoms with E-state index >= 15 is 0 Å². The number of carbonyl (C=O) groups is 6. The Hall–Kier alpha value is -5.16. The van der Waals surface area contributed by atoms with Gasteiger partial charge in [-0.3, -0.25) is 43.5 Å². The second-order valence-electron chi connectivity index (χ2n) is 13.0. The molecule has 0 aliphatic rings. The number of unbranched alkanes of at least 4 members (excludes halogenated alkanes) is 4. The van der Waals surface area contributed by atoms with Crippen molar-refractivity contribution in [1.82, 2.24) is 14.7 Å². The normalized spacial score (nSPS) is 11.1. The number of ketones is 2. The lowest BCUT2D eigenvalue weighted by atomic mass is 9.99. The minimum Gasteiger partial charge on any atom is -0.481 e. The van der Waals surface area contributed by atoms with Gasteiger partial charge in [0, 0.05) is 46.1 Å². The van der Waals surface area contributed by atoms with Gasteiger partial charge in [-0.05, 0) is 43.0 Å². The molecule has 2 aromatic rings. The monoisotopic (exact) mass is 788 g/mol. The number of likely N-dealkylation sites (N-methyl/N-ethyl adjacent to an activating group) is 1. The van der Waals surface area contributed by atoms with Gasteiger partial charge in [-0.25, -0.2) is 0 Å². The molecule has 0 heterocycles. The van der Waals surface area contributed by atoms with Gasteiger partial charge in [0.05, 0.1) is 32.2 Å². The zero-order valence-electron chi connectivity index (χ0n) is 32.2. The summed E-state index contributed by atoms with van der Waals surface area (Å²) in [5, 5.41) is 34.6. The molecular weight excluding hydrogens is 732 g/mol. The molecule has 2 aromatic carbocycles. The number of nitrogens with zero attached hydrogens (tertiary/aromatic N) is 3. The molecule has 0 aromatic heterocycles. The van der Waals surface area contributed by atoms with Crippen molar-refractivity contribution < 1.29 is 63.5 Å². The number of aliphatic carboxylic acids is 4. The third kappa shape index (κ3) is 28.3. The SMILES string of the molecule is CC(=O)O.CN(CCN(CCN(CC(=O)O)CC(=O)O)CC(=O)CCCCCCCOCC(=O)[C@H](N)Cc1ccc(-c2ccccc2)cc1)CC(=O)O.O=C=O. The Morgan fingerprint density at radius 3 is 1.71 bits per heavy atom. The summed E-state index contributed by atoms with van der Waals surface area (Å²) in [6.45, 7) is 1.74. The smallest absolute Gasteiger partial charge is 0.373 e. The molecule has 0 amide bonds. The summed E-state index contributed by atoms with van der Waals surface area (Å²) >= 11 is 0. The van der Waals surface area contributed by atoms with Gasteiger partial charge in [0.15, 0.2) is 5.78 Å². The number of carbonyl (C=O) groups excluding carboxylic acids is 4. The molecule has 56 heavy (non-hydrogen) atoms. The first kappa shape index (κ1) is 50.8. The van der Waals surface area contributed by atoms with Crippen molar-refractivity contribution in [3.05, 3.63) is 60.2 Å². The number of hydrogen-bond donors (Lipinski definition) is 5. The minimum atomic E-state index is -1.15. The van der Waals surface area contributed by atoms with E-state index in [0.29, 0.717) is 39.0 Å². The van der Waals surface area contributed by atoms with Gasteiger partial charge in [0.1, 0.15) is 12.4 Å². The Bertz CT molecular complexity index is 1480. The summed E-state index contributed by atoms with van der Waals surface area (Å²) in [5.41, 5.74) is 9.36. The first-order valence-electron chi connectivity index (χ1n) is 18.1. The number of rotatable bonds is 28. The average Bonchev–Trinajstić information content (AvgIpc) is 3.11. The molecule has 0 bridgehead atoms. The van der Waals surface area contributed by atoms with Gasteiger partial charge >= 0.3 is 24.1 Å². The number of ether oxygens (including phenoxy) is 1. The van der Waals surface area contributed by atoms with Crippen LogP contribution in [0.25, 0.3) is 11.1 Å². The van der Waals surface area contributed by atoms with Crippen molar-refractivity contribution in [2.75, 3.05) is 72.6 Å². The summed E-state index contributed by atoms with van der Waals surface area (Å²) in [4.78, 5) is 88.4. The lowest BCUT2D eigenvalue weighted by Gasteiger charge is -2.27. The Labute approximate surface area is 327 Å². The van der Waals surface area contributed by atoms with Gasteiger partial charge in [-0.2, -0.15) is 9.59 Å². The van der Waals surface area contributed by atoms with Gasteiger partial charge < -0.3 is 30.9 Å². The molecule has 6 N–H and O–H groups in total. The first-order valence-corrected chi connectivity index (χ1v) is 18.1. The molecule has 17 heteroatoms. The van der Waals surface area contributed by atoms with Crippen molar-refractivity contribution in [3.8, 4) is 11.1 Å². The van der Waals surface area contributed by atoms with Crippen LogP contribution in [0.2, 0.25) is 0 Å². The number of carboxylic acids is 4. The fourth-order valence-electron chi connectivity index (χ4n) is 5.27. The number of nitrogens with two attached hydrogens (primary N) is 1. The van der Waals surface area contributed by atoms with E-state index in [9.17, 15) is 24.0 Å². The highest BCUT2D eigenvalue weighted by Gasteiger charge is 2.18. The molecule has 0 unspecified atom stereocenters. The third-order valence-corrected chi connectivity index (χ3v) is 7.97. The van der Waals surface area contributed by atoms with Crippen molar-refractivity contribution in [2.24, 2.45) is 5.73 Å². The largest absolute Gasteiger partial charge is 0.481 e. The van der Waals surface area contributed by atoms with Crippen molar-refractivity contribution in [3.63, 3.8) is 0 Å². The van der Waals surface area contributed by atoms with Crippen LogP contribution in [0.15, 0.2) is 54.6 Å². The van der Waals surface area contributed by atoms with Crippen LogP contribution in [0.4, 0.5) is 0 Å². The first-order chi connectivity index (χ1) is 26.6. The predicted octanol–water partition coefficient (Wildman–Crippen LogP) is 2.02. The Balaban J connectivity index is 0.00000398. The summed E-state index contributed by atoms with van der Waals surface area (Å²) < 4.78 is 5.57. The summed E-state index contributed by atoms with van der Waals surface area (Å²) in [7, 11) is 1.65. The lowest BCUT2D eigenvalue weighted by molar-refractivity contribution is -0.192. The van der Waals surface area contributed by atoms with Crippen LogP contribution < -0.4 is 5.73 Å². The molecule has 2 rings (SSSR count). The van der Waals surface area contributed by atoms with Crippen LogP contribution >= 0.6 is 0 Å². The second kappa shape index (κ2) is 31.1. The maximum absolute atomic E-state index is 12.7. The summed E-state index contributed by atoms with van der Waals surface area (Å²) in [5.74, 6) is -4.23. The van der Waals surface area contributed by atoms with Crippen molar-refractivity contribution in [1.29, 1.82) is 0 Å². The quantitative estimate of drug-likeness (QED) is 0.0772. The molecule has 310 valence electrons. The van der Waals surface area contributed by atoms with Crippen LogP contribution in [0.1, 0.15) is 51.0 Å². The van der Waals surface area contributed by atoms with Crippen LogP contribution in [-0.4, -0.2) is 155 Å². The predicted molar refractivity (Wildman–Crippen MR) is 204 cm³/mol. The summed E-state index contributed by atoms with van der Waals surface area (Å²) in [6.07, 6.45) is 5.22. The highest BCUT2D eigenvalue weighted by Crippen LogP contribution is 2.19. The Morgan fingerprint density at radius 2 is 1.16 bits per heavy atom. The number of hydrogen-bond acceptors (Lipinski definition) is 13. The zero-order chi connectivity index (χ0) is 42.3. The summed E-state index contributed by atoms with van der Waals surface area (Å²) in [6, 6.07) is 17.5. The van der Waals surface area contributed by atoms with Crippen LogP contribution in [-0.2, 0) is 49.5 Å². The van der Waals surface area contributed by atoms with Gasteiger partial charge in [-0.1, -0.05) is 73.9 Å². The highest BCUT2D eigenvalue weighted by molar-refractivity contribution is 5.85. The Kier molecular flexibility index (Phi) is 28.2. The molecule has 0 spiro atoms. The topological polar surface area (TPSA) is 262 Å². The maximum Gasteiger partial charge on any atom is 0.373 e. The van der Waals surface area contributed by atoms with E-state index < -0.39 is 43.0 Å². The van der Waals surface area contributed by atoms with E-state index in [1.54, 1.807) is 11.9 Å². The van der Waals surface area contributed by atoms with Gasteiger partial charge in [-0.15, -0.1) is 0 Å². The van der Waals surface area contributed by atoms with E-state index in [4.69, 9.17) is 45.3 Å². The second-order valence-corrected chi connectivity index (χ2v) is 13.0. The average molecular weight is 789 g/mol. The molecule has 0 saturated carbocycles. The van der Waals surface area contributed by atoms with E-state index in [2.05, 4.69) is 0 Å². The number of carboxylic acid groups (broad SMARTS) is 4. The fourth-order valence-corrected chi connectivity index (χ4v) is 5.27. The van der Waals surface area contributed by atoms with Gasteiger partial charge in [0.2, 0.25) is 0 Å². The molecule has 1 atom stereocenters. The molecule has 0 aliphatic heterocycles. The fraction of sp³-hybridized carbons (Fsp3) is 0.513. The Morgan fingerprint density at radius 1 is 0.679 bits per heavy atom. The van der Waals surface area contributed by atoms with Crippen LogP contribution in [0.5, 0.6) is 0 Å². The number of Topliss-reactive ketones (excluding diaryl/α,β-unsaturated/α-hetero) is 2. The van der Waals surface area contributed by atoms with E-state index in [1.165, 1.54) is 4.90 Å². The van der Waals surface area contributed by atoms with Crippen LogP contribution in [0, 0.1) is 0 Å². The molecule has 0 aliphatic carbocycles. The minimum absolute atomic E-state index is 0.00855. The van der Waals surface area contributed by atoms with E-state index in [0.717, 1.165) is 49.3 Å². The standard InChI is InChI=1S/C36H52N4O9.C2H4O2.CO2/c1-38(24-34(43)44)17-18-39(19-20-40(25-35(45)46)26-36(47)48)23-31(41)12-8-3-2-4-9-21-49-27-33(42)32(37)22-28-13-15-30(16-14-28)29-10-6-5-7-11-29;1-2(3)4;2-1-3/h5-7,10-11,13-16,32H,2-4,8-9,12,17-27,37H2,1H3,(H,43,44)(H,45,46)(H,47,48);1H3,(H,3,4);/t32-;;/m1../s1. The van der Waals surface area contributed by atoms with Gasteiger partial charge in [0.25, 0.3) is 5.97 Å². The molecule has 17 nitrogen and oxygen atoms in total. The molecular formula is C39H56N4O13. The molecule has 0 saturated heterocycles. The third-order valence-electron chi connectivity index (χ3n) is 7.97. The number of benzene rings is 2. The lowest BCUT2D eigenvalue weighted by Crippen LogP contribution is -2.44. The maximum atomic E-state index is 12.7. The van der Waals surface area contributed by atoms with Crippen LogP contribution in [0.3, 0.4) is 0 Å². The molecule has 0 fully saturated rings. The zero-order valence-corrected chi connectivity index (χ0v) is 32.2. The molecule has 0 radical (unpaired) electrons. The van der Waals surface area contributed by atoms with E-state index in [-0.39, 0.29) is 50.5 Å². The van der Waals surface area contributed by atoms with Crippen molar-refractivity contribution in [2.45, 2.75) is 57.9 Å². The highest BCUT2D eigenvalue weighted by atomic mass is 16.5.